The first-order chi connectivity index (χ1) is 15.7. The molecular weight excluding hydrogens is 418 g/mol. The van der Waals surface area contributed by atoms with Gasteiger partial charge >= 0.3 is 0 Å². The van der Waals surface area contributed by atoms with Crippen LogP contribution in [0.15, 0.2) is 35.7 Å². The van der Waals surface area contributed by atoms with E-state index in [2.05, 4.69) is 33.9 Å². The Morgan fingerprint density at radius 2 is 1.81 bits per heavy atom. The molecule has 0 atom stereocenters. The number of aryl methyl sites for hydroxylation is 1. The van der Waals surface area contributed by atoms with E-state index in [0.29, 0.717) is 5.69 Å². The first-order valence-electron chi connectivity index (χ1n) is 11.8. The van der Waals surface area contributed by atoms with Gasteiger partial charge in [0.05, 0.1) is 16.4 Å². The predicted molar refractivity (Wildman–Crippen MR) is 128 cm³/mol. The highest BCUT2D eigenvalue weighted by Gasteiger charge is 2.29. The molecule has 6 nitrogen and oxygen atoms in total. The zero-order valence-corrected chi connectivity index (χ0v) is 19.6. The Morgan fingerprint density at radius 1 is 1.00 bits per heavy atom. The van der Waals surface area contributed by atoms with Crippen molar-refractivity contribution in [1.29, 1.82) is 0 Å². The zero-order chi connectivity index (χ0) is 21.9. The molecule has 0 bridgehead atoms. The lowest BCUT2D eigenvalue weighted by Crippen LogP contribution is -2.48. The van der Waals surface area contributed by atoms with Crippen LogP contribution >= 0.6 is 11.3 Å². The highest BCUT2D eigenvalue weighted by Crippen LogP contribution is 2.28. The average molecular weight is 450 g/mol. The Labute approximate surface area is 193 Å². The van der Waals surface area contributed by atoms with Crippen molar-refractivity contribution in [3.8, 4) is 11.4 Å². The fourth-order valence-corrected chi connectivity index (χ4v) is 5.51. The second-order valence-corrected chi connectivity index (χ2v) is 9.66. The monoisotopic (exact) mass is 449 g/mol. The van der Waals surface area contributed by atoms with E-state index in [1.165, 1.54) is 11.4 Å². The molecule has 32 heavy (non-hydrogen) atoms. The maximum atomic E-state index is 13.6. The number of thiazole rings is 1. The van der Waals surface area contributed by atoms with Gasteiger partial charge in [0.1, 0.15) is 11.5 Å². The van der Waals surface area contributed by atoms with E-state index < -0.39 is 0 Å². The minimum Gasteiger partial charge on any atom is -0.335 e. The fraction of sp³-hybridized carbons (Fsp3) is 0.480. The summed E-state index contributed by atoms with van der Waals surface area (Å²) in [6.45, 7) is 7.22. The number of amides is 1. The van der Waals surface area contributed by atoms with Gasteiger partial charge in [-0.3, -0.25) is 9.69 Å². The van der Waals surface area contributed by atoms with Crippen molar-refractivity contribution in [2.45, 2.75) is 52.1 Å². The lowest BCUT2D eigenvalue weighted by molar-refractivity contribution is 0.0620. The van der Waals surface area contributed by atoms with Crippen molar-refractivity contribution in [3.63, 3.8) is 0 Å². The SMILES string of the molecule is CCc1nc(CN2CCN(C(=O)c3nc(-c4ccccc4)n4c3CCCCC4)CC2)cs1. The summed E-state index contributed by atoms with van der Waals surface area (Å²) in [6, 6.07) is 10.3. The van der Waals surface area contributed by atoms with Gasteiger partial charge in [-0.05, 0) is 25.7 Å². The van der Waals surface area contributed by atoms with Gasteiger partial charge in [0.2, 0.25) is 0 Å². The molecule has 0 N–H and O–H groups in total. The molecule has 1 aromatic carbocycles. The van der Waals surface area contributed by atoms with Crippen molar-refractivity contribution in [3.05, 3.63) is 57.8 Å². The van der Waals surface area contributed by atoms with Gasteiger partial charge in [-0.2, -0.15) is 0 Å². The van der Waals surface area contributed by atoms with Crippen LogP contribution in [0.1, 0.15) is 53.1 Å². The van der Waals surface area contributed by atoms with Gasteiger partial charge in [-0.25, -0.2) is 9.97 Å². The number of benzene rings is 1. The zero-order valence-electron chi connectivity index (χ0n) is 18.8. The third kappa shape index (κ3) is 4.36. The maximum Gasteiger partial charge on any atom is 0.274 e. The highest BCUT2D eigenvalue weighted by atomic mass is 32.1. The van der Waals surface area contributed by atoms with E-state index in [-0.39, 0.29) is 5.91 Å². The standard InChI is InChI=1S/C25H31N5OS/c1-2-22-26-20(18-32-22)17-28-13-15-29(16-14-28)25(31)23-21-11-7-4-8-12-30(21)24(27-23)19-9-5-3-6-10-19/h3,5-6,9-10,18H,2,4,7-8,11-17H2,1H3. The van der Waals surface area contributed by atoms with E-state index in [1.807, 2.05) is 23.1 Å². The number of rotatable bonds is 5. The number of nitrogens with zero attached hydrogens (tertiary/aromatic N) is 5. The van der Waals surface area contributed by atoms with E-state index in [4.69, 9.17) is 9.97 Å². The first kappa shape index (κ1) is 21.3. The third-order valence-corrected chi connectivity index (χ3v) is 7.59. The molecule has 2 aliphatic heterocycles. The number of aromatic nitrogens is 3. The second kappa shape index (κ2) is 9.55. The van der Waals surface area contributed by atoms with Gasteiger partial charge in [0, 0.05) is 50.2 Å². The second-order valence-electron chi connectivity index (χ2n) is 8.71. The molecule has 1 saturated heterocycles. The Balaban J connectivity index is 1.32. The number of imidazole rings is 1. The van der Waals surface area contributed by atoms with Crippen LogP contribution in [0.4, 0.5) is 0 Å². The molecule has 5 rings (SSSR count). The topological polar surface area (TPSA) is 54.3 Å². The third-order valence-electron chi connectivity index (χ3n) is 6.55. The molecule has 0 radical (unpaired) electrons. The molecule has 2 aromatic heterocycles. The quantitative estimate of drug-likeness (QED) is 0.584. The van der Waals surface area contributed by atoms with E-state index in [0.717, 1.165) is 87.7 Å². The number of fused-ring (bicyclic) bond motifs is 1. The minimum atomic E-state index is 0.0967. The molecular formula is C25H31N5OS. The molecule has 1 amide bonds. The molecule has 1 fully saturated rings. The van der Waals surface area contributed by atoms with Gasteiger partial charge in [0.15, 0.2) is 0 Å². The van der Waals surface area contributed by atoms with Crippen molar-refractivity contribution in [2.75, 3.05) is 26.2 Å². The molecule has 0 aliphatic carbocycles. The average Bonchev–Trinajstić information content (AvgIpc) is 3.36. The van der Waals surface area contributed by atoms with Crippen LogP contribution in [0.25, 0.3) is 11.4 Å². The summed E-state index contributed by atoms with van der Waals surface area (Å²) in [5, 5.41) is 3.37. The van der Waals surface area contributed by atoms with Crippen LogP contribution in [-0.4, -0.2) is 56.4 Å². The van der Waals surface area contributed by atoms with Crippen molar-refractivity contribution < 1.29 is 4.79 Å². The van der Waals surface area contributed by atoms with Crippen LogP contribution in [0, 0.1) is 0 Å². The van der Waals surface area contributed by atoms with Crippen molar-refractivity contribution >= 4 is 17.2 Å². The van der Waals surface area contributed by atoms with Gasteiger partial charge in [0.25, 0.3) is 5.91 Å². The molecule has 3 aromatic rings. The number of hydrogen-bond donors (Lipinski definition) is 0. The summed E-state index contributed by atoms with van der Waals surface area (Å²) in [7, 11) is 0. The number of piperazine rings is 1. The summed E-state index contributed by atoms with van der Waals surface area (Å²) in [4.78, 5) is 27.6. The van der Waals surface area contributed by atoms with Gasteiger partial charge in [-0.1, -0.05) is 43.7 Å². The number of carbonyl (C=O) groups excluding carboxylic acids is 1. The number of carbonyl (C=O) groups is 1. The van der Waals surface area contributed by atoms with Gasteiger partial charge in [-0.15, -0.1) is 11.3 Å². The lowest BCUT2D eigenvalue weighted by atomic mass is 10.1. The molecule has 0 spiro atoms. The Morgan fingerprint density at radius 3 is 2.56 bits per heavy atom. The molecule has 2 aliphatic rings. The minimum absolute atomic E-state index is 0.0967. The lowest BCUT2D eigenvalue weighted by Gasteiger charge is -2.34. The summed E-state index contributed by atoms with van der Waals surface area (Å²) in [6.07, 6.45) is 5.41. The Kier molecular flexibility index (Phi) is 6.37. The summed E-state index contributed by atoms with van der Waals surface area (Å²) < 4.78 is 2.30. The molecule has 0 unspecified atom stereocenters. The number of hydrogen-bond acceptors (Lipinski definition) is 5. The smallest absolute Gasteiger partial charge is 0.274 e. The van der Waals surface area contributed by atoms with Crippen molar-refractivity contribution in [1.82, 2.24) is 24.3 Å². The highest BCUT2D eigenvalue weighted by molar-refractivity contribution is 7.09. The predicted octanol–water partition coefficient (Wildman–Crippen LogP) is 4.25. The summed E-state index contributed by atoms with van der Waals surface area (Å²) >= 11 is 1.74. The van der Waals surface area contributed by atoms with Gasteiger partial charge < -0.3 is 9.47 Å². The van der Waals surface area contributed by atoms with Crippen LogP contribution in [0.5, 0.6) is 0 Å². The summed E-state index contributed by atoms with van der Waals surface area (Å²) in [5.74, 6) is 1.04. The maximum absolute atomic E-state index is 13.6. The molecule has 168 valence electrons. The Bertz CT molecular complexity index is 1070. The molecule has 0 saturated carbocycles. The van der Waals surface area contributed by atoms with Crippen LogP contribution in [0.2, 0.25) is 0 Å². The first-order valence-corrected chi connectivity index (χ1v) is 12.7. The van der Waals surface area contributed by atoms with E-state index in [1.54, 1.807) is 11.3 Å². The largest absolute Gasteiger partial charge is 0.335 e. The summed E-state index contributed by atoms with van der Waals surface area (Å²) in [5.41, 5.74) is 4.04. The van der Waals surface area contributed by atoms with Crippen LogP contribution in [0.3, 0.4) is 0 Å². The van der Waals surface area contributed by atoms with E-state index in [9.17, 15) is 4.79 Å². The fourth-order valence-electron chi connectivity index (χ4n) is 4.77. The normalized spacial score (nSPS) is 17.2. The van der Waals surface area contributed by atoms with Crippen LogP contribution in [-0.2, 0) is 25.9 Å². The van der Waals surface area contributed by atoms with E-state index >= 15 is 0 Å². The Hall–Kier alpha value is -2.51. The molecule has 7 heteroatoms. The van der Waals surface area contributed by atoms with Crippen molar-refractivity contribution in [2.24, 2.45) is 0 Å². The molecule has 4 heterocycles. The van der Waals surface area contributed by atoms with Crippen LogP contribution < -0.4 is 0 Å².